The number of anilines is 1. The van der Waals surface area contributed by atoms with Gasteiger partial charge < -0.3 is 14.8 Å². The lowest BCUT2D eigenvalue weighted by molar-refractivity contribution is -0.117. The summed E-state index contributed by atoms with van der Waals surface area (Å²) in [7, 11) is 3.27. The first-order valence-corrected chi connectivity index (χ1v) is 9.49. The number of hydrogen-bond donors (Lipinski definition) is 1. The summed E-state index contributed by atoms with van der Waals surface area (Å²) in [6, 6.07) is 11.1. The zero-order valence-corrected chi connectivity index (χ0v) is 16.8. The van der Waals surface area contributed by atoms with Gasteiger partial charge in [0.1, 0.15) is 11.5 Å². The number of rotatable bonds is 6. The quantitative estimate of drug-likeness (QED) is 0.746. The average Bonchev–Trinajstić information content (AvgIpc) is 3.12. The van der Waals surface area contributed by atoms with E-state index in [-0.39, 0.29) is 18.5 Å². The van der Waals surface area contributed by atoms with Crippen molar-refractivity contribution in [3.63, 3.8) is 0 Å². The molecule has 27 heavy (non-hydrogen) atoms. The zero-order chi connectivity index (χ0) is 19.4. The maximum Gasteiger partial charge on any atom is 0.238 e. The molecule has 2 aromatic carbocycles. The minimum Gasteiger partial charge on any atom is -0.497 e. The maximum absolute atomic E-state index is 12.6. The topological polar surface area (TPSA) is 50.8 Å². The normalized spacial score (nSPS) is 17.0. The van der Waals surface area contributed by atoms with Crippen LogP contribution < -0.4 is 14.8 Å². The van der Waals surface area contributed by atoms with Crippen molar-refractivity contribution >= 4 is 34.8 Å². The molecule has 5 nitrogen and oxygen atoms in total. The molecule has 1 heterocycles. The van der Waals surface area contributed by atoms with Gasteiger partial charge in [0.15, 0.2) is 0 Å². The molecule has 1 aliphatic rings. The van der Waals surface area contributed by atoms with Gasteiger partial charge in [0.25, 0.3) is 0 Å². The Kier molecular flexibility index (Phi) is 6.47. The SMILES string of the molecule is COc1ccc([C@H]2CCCN2CC(=O)Nc2cccc(Cl)c2Cl)c(OC)c1. The number of nitrogens with one attached hydrogen (secondary N) is 1. The molecule has 0 aliphatic carbocycles. The number of benzene rings is 2. The molecule has 0 radical (unpaired) electrons. The lowest BCUT2D eigenvalue weighted by atomic mass is 10.0. The molecule has 144 valence electrons. The number of hydrogen-bond acceptors (Lipinski definition) is 4. The number of methoxy groups -OCH3 is 2. The van der Waals surface area contributed by atoms with E-state index in [0.717, 1.165) is 36.4 Å². The highest BCUT2D eigenvalue weighted by atomic mass is 35.5. The summed E-state index contributed by atoms with van der Waals surface area (Å²) in [5.74, 6) is 1.39. The van der Waals surface area contributed by atoms with Gasteiger partial charge in [0.2, 0.25) is 5.91 Å². The van der Waals surface area contributed by atoms with Crippen molar-refractivity contribution in [1.82, 2.24) is 4.90 Å². The van der Waals surface area contributed by atoms with Gasteiger partial charge in [-0.2, -0.15) is 0 Å². The molecule has 1 amide bonds. The van der Waals surface area contributed by atoms with Crippen LogP contribution in [0.4, 0.5) is 5.69 Å². The first-order valence-electron chi connectivity index (χ1n) is 8.73. The molecular formula is C20H22Cl2N2O3. The van der Waals surface area contributed by atoms with Gasteiger partial charge >= 0.3 is 0 Å². The third-order valence-electron chi connectivity index (χ3n) is 4.74. The van der Waals surface area contributed by atoms with Crippen LogP contribution in [0.3, 0.4) is 0 Å². The highest BCUT2D eigenvalue weighted by Crippen LogP contribution is 2.38. The van der Waals surface area contributed by atoms with Crippen molar-refractivity contribution in [2.24, 2.45) is 0 Å². The summed E-state index contributed by atoms with van der Waals surface area (Å²) < 4.78 is 10.8. The van der Waals surface area contributed by atoms with E-state index in [9.17, 15) is 4.79 Å². The smallest absolute Gasteiger partial charge is 0.238 e. The predicted octanol–water partition coefficient (Wildman–Crippen LogP) is 4.79. The van der Waals surface area contributed by atoms with Crippen molar-refractivity contribution in [2.75, 3.05) is 32.6 Å². The van der Waals surface area contributed by atoms with E-state index in [0.29, 0.717) is 15.7 Å². The molecule has 0 spiro atoms. The minimum atomic E-state index is -0.126. The number of carbonyl (C=O) groups is 1. The average molecular weight is 409 g/mol. The van der Waals surface area contributed by atoms with E-state index in [2.05, 4.69) is 10.2 Å². The fourth-order valence-electron chi connectivity index (χ4n) is 3.44. The third kappa shape index (κ3) is 4.49. The van der Waals surface area contributed by atoms with Crippen LogP contribution in [0.5, 0.6) is 11.5 Å². The van der Waals surface area contributed by atoms with Crippen LogP contribution in [0.1, 0.15) is 24.4 Å². The molecule has 0 aromatic heterocycles. The first-order chi connectivity index (χ1) is 13.0. The summed E-state index contributed by atoms with van der Waals surface area (Å²) in [6.07, 6.45) is 1.99. The summed E-state index contributed by atoms with van der Waals surface area (Å²) in [5, 5.41) is 3.61. The number of carbonyl (C=O) groups excluding carboxylic acids is 1. The van der Waals surface area contributed by atoms with Gasteiger partial charge in [-0.25, -0.2) is 0 Å². The minimum absolute atomic E-state index is 0.117. The molecule has 1 atom stereocenters. The van der Waals surface area contributed by atoms with Crippen LogP contribution in [0, 0.1) is 0 Å². The van der Waals surface area contributed by atoms with E-state index in [1.165, 1.54) is 0 Å². The van der Waals surface area contributed by atoms with Crippen molar-refractivity contribution in [2.45, 2.75) is 18.9 Å². The van der Waals surface area contributed by atoms with Crippen molar-refractivity contribution < 1.29 is 14.3 Å². The van der Waals surface area contributed by atoms with Crippen LogP contribution in [-0.2, 0) is 4.79 Å². The van der Waals surface area contributed by atoms with Gasteiger partial charge in [-0.1, -0.05) is 35.3 Å². The summed E-state index contributed by atoms with van der Waals surface area (Å²) in [4.78, 5) is 14.7. The molecule has 0 bridgehead atoms. The molecule has 7 heteroatoms. The van der Waals surface area contributed by atoms with Gasteiger partial charge in [-0.05, 0) is 37.6 Å². The van der Waals surface area contributed by atoms with Crippen LogP contribution >= 0.6 is 23.2 Å². The summed E-state index contributed by atoms with van der Waals surface area (Å²) in [6.45, 7) is 1.11. The van der Waals surface area contributed by atoms with Gasteiger partial charge in [-0.15, -0.1) is 0 Å². The second kappa shape index (κ2) is 8.83. The van der Waals surface area contributed by atoms with E-state index in [1.807, 2.05) is 18.2 Å². The molecule has 1 fully saturated rings. The Bertz CT molecular complexity index is 829. The Hall–Kier alpha value is -1.95. The van der Waals surface area contributed by atoms with Gasteiger partial charge in [-0.3, -0.25) is 9.69 Å². The largest absolute Gasteiger partial charge is 0.497 e. The molecule has 1 saturated heterocycles. The van der Waals surface area contributed by atoms with E-state index in [4.69, 9.17) is 32.7 Å². The molecule has 0 unspecified atom stereocenters. The van der Waals surface area contributed by atoms with Gasteiger partial charge in [0, 0.05) is 17.7 Å². The number of likely N-dealkylation sites (tertiary alicyclic amines) is 1. The second-order valence-electron chi connectivity index (χ2n) is 6.39. The van der Waals surface area contributed by atoms with E-state index >= 15 is 0 Å². The van der Waals surface area contributed by atoms with Crippen molar-refractivity contribution in [3.05, 3.63) is 52.0 Å². The zero-order valence-electron chi connectivity index (χ0n) is 15.3. The maximum atomic E-state index is 12.6. The van der Waals surface area contributed by atoms with Crippen LogP contribution in [-0.4, -0.2) is 38.1 Å². The van der Waals surface area contributed by atoms with E-state index in [1.54, 1.807) is 32.4 Å². The van der Waals surface area contributed by atoms with Gasteiger partial charge in [0.05, 0.1) is 36.5 Å². The Morgan fingerprint density at radius 1 is 1.22 bits per heavy atom. The fraction of sp³-hybridized carbons (Fsp3) is 0.350. The standard InChI is InChI=1S/C20H22Cl2N2O3/c1-26-13-8-9-14(18(11-13)27-2)17-7-4-10-24(17)12-19(25)23-16-6-3-5-15(21)20(16)22/h3,5-6,8-9,11,17H,4,7,10,12H2,1-2H3,(H,23,25)/t17-/m1/s1. The Balaban J connectivity index is 1.73. The first kappa shape index (κ1) is 19.8. The number of halogens is 2. The van der Waals surface area contributed by atoms with Crippen LogP contribution in [0.2, 0.25) is 10.0 Å². The van der Waals surface area contributed by atoms with Crippen molar-refractivity contribution in [3.8, 4) is 11.5 Å². The lowest BCUT2D eigenvalue weighted by Crippen LogP contribution is -2.33. The van der Waals surface area contributed by atoms with Crippen LogP contribution in [0.15, 0.2) is 36.4 Å². The Morgan fingerprint density at radius 2 is 2.04 bits per heavy atom. The fourth-order valence-corrected chi connectivity index (χ4v) is 3.78. The number of ether oxygens (including phenoxy) is 2. The highest BCUT2D eigenvalue weighted by molar-refractivity contribution is 6.44. The predicted molar refractivity (Wildman–Crippen MR) is 108 cm³/mol. The third-order valence-corrected chi connectivity index (χ3v) is 5.55. The highest BCUT2D eigenvalue weighted by Gasteiger charge is 2.30. The number of nitrogens with zero attached hydrogens (tertiary/aromatic N) is 1. The van der Waals surface area contributed by atoms with Crippen molar-refractivity contribution in [1.29, 1.82) is 0 Å². The second-order valence-corrected chi connectivity index (χ2v) is 7.17. The molecule has 1 aliphatic heterocycles. The molecular weight excluding hydrogens is 387 g/mol. The van der Waals surface area contributed by atoms with Crippen LogP contribution in [0.25, 0.3) is 0 Å². The molecule has 2 aromatic rings. The lowest BCUT2D eigenvalue weighted by Gasteiger charge is -2.26. The monoisotopic (exact) mass is 408 g/mol. The van der Waals surface area contributed by atoms with E-state index < -0.39 is 0 Å². The Morgan fingerprint density at radius 3 is 2.78 bits per heavy atom. The summed E-state index contributed by atoms with van der Waals surface area (Å²) in [5.41, 5.74) is 1.58. The molecule has 0 saturated carbocycles. The number of amides is 1. The Labute approximate surface area is 169 Å². The summed E-state index contributed by atoms with van der Waals surface area (Å²) >= 11 is 12.2. The molecule has 3 rings (SSSR count). The molecule has 1 N–H and O–H groups in total.